The van der Waals surface area contributed by atoms with Crippen LogP contribution in [-0.2, 0) is 4.79 Å². The Bertz CT molecular complexity index is 256. The van der Waals surface area contributed by atoms with Crippen molar-refractivity contribution in [1.29, 1.82) is 0 Å². The van der Waals surface area contributed by atoms with E-state index in [9.17, 15) is 4.79 Å². The molecular formula is C13H22O2. The fourth-order valence-electron chi connectivity index (χ4n) is 0.795. The average molecular weight is 210 g/mol. The molecule has 2 nitrogen and oxygen atoms in total. The van der Waals surface area contributed by atoms with Crippen LogP contribution in [-0.4, -0.2) is 11.1 Å². The average Bonchev–Trinajstić information content (AvgIpc) is 2.21. The number of aliphatic carboxylic acids is 1. The Kier molecular flexibility index (Phi) is 9.95. The third-order valence-corrected chi connectivity index (χ3v) is 1.72. The van der Waals surface area contributed by atoms with Gasteiger partial charge in [0.25, 0.3) is 0 Å². The molecule has 0 rings (SSSR count). The van der Waals surface area contributed by atoms with Gasteiger partial charge in [0.15, 0.2) is 0 Å². The van der Waals surface area contributed by atoms with Crippen molar-refractivity contribution < 1.29 is 9.90 Å². The van der Waals surface area contributed by atoms with Crippen molar-refractivity contribution in [3.8, 4) is 0 Å². The van der Waals surface area contributed by atoms with Crippen molar-refractivity contribution in [2.75, 3.05) is 0 Å². The number of rotatable bonds is 4. The van der Waals surface area contributed by atoms with Gasteiger partial charge in [0.05, 0.1) is 5.92 Å². The summed E-state index contributed by atoms with van der Waals surface area (Å²) in [6.07, 6.45) is 5.26. The maximum absolute atomic E-state index is 10.6. The first-order valence-corrected chi connectivity index (χ1v) is 5.19. The summed E-state index contributed by atoms with van der Waals surface area (Å²) in [7, 11) is 0. The molecule has 1 atom stereocenters. The summed E-state index contributed by atoms with van der Waals surface area (Å²) in [6.45, 7) is 13.2. The van der Waals surface area contributed by atoms with E-state index in [1.807, 2.05) is 33.8 Å². The maximum Gasteiger partial charge on any atom is 0.310 e. The summed E-state index contributed by atoms with van der Waals surface area (Å²) in [5.41, 5.74) is 1.87. The third-order valence-electron chi connectivity index (χ3n) is 1.72. The van der Waals surface area contributed by atoms with Crippen LogP contribution in [0.4, 0.5) is 0 Å². The van der Waals surface area contributed by atoms with E-state index in [2.05, 4.69) is 6.58 Å². The molecule has 0 aliphatic carbocycles. The van der Waals surface area contributed by atoms with Gasteiger partial charge in [-0.2, -0.15) is 0 Å². The summed E-state index contributed by atoms with van der Waals surface area (Å²) < 4.78 is 0. The van der Waals surface area contributed by atoms with Gasteiger partial charge < -0.3 is 5.11 Å². The fraction of sp³-hybridized carbons (Fsp3) is 0.462. The van der Waals surface area contributed by atoms with Gasteiger partial charge >= 0.3 is 5.97 Å². The highest BCUT2D eigenvalue weighted by Crippen LogP contribution is 2.12. The van der Waals surface area contributed by atoms with Gasteiger partial charge in [0, 0.05) is 0 Å². The van der Waals surface area contributed by atoms with Crippen molar-refractivity contribution in [3.63, 3.8) is 0 Å². The predicted octanol–water partition coefficient (Wildman–Crippen LogP) is 3.81. The topological polar surface area (TPSA) is 37.3 Å². The standard InChI is InChI=1S/C11H16O2.C2H6/c1-5-10(7-6-8(2)3)9(4)11(12)13;1-2/h5-7,9H,1H2,2-4H3,(H,12,13);1-2H3/b10-7+;/t9-;/m0./s1. The van der Waals surface area contributed by atoms with Crippen LogP contribution in [0.2, 0.25) is 0 Å². The molecule has 0 bridgehead atoms. The van der Waals surface area contributed by atoms with Crippen molar-refractivity contribution in [2.24, 2.45) is 5.92 Å². The van der Waals surface area contributed by atoms with Gasteiger partial charge in [-0.3, -0.25) is 4.79 Å². The van der Waals surface area contributed by atoms with Crippen LogP contribution in [0.3, 0.4) is 0 Å². The minimum absolute atomic E-state index is 0.493. The Hall–Kier alpha value is -1.31. The summed E-state index contributed by atoms with van der Waals surface area (Å²) in [4.78, 5) is 10.6. The highest BCUT2D eigenvalue weighted by Gasteiger charge is 2.12. The Labute approximate surface area is 93.0 Å². The van der Waals surface area contributed by atoms with E-state index in [1.165, 1.54) is 0 Å². The van der Waals surface area contributed by atoms with E-state index < -0.39 is 11.9 Å². The van der Waals surface area contributed by atoms with E-state index in [0.29, 0.717) is 0 Å². The molecule has 0 aliphatic rings. The lowest BCUT2D eigenvalue weighted by Crippen LogP contribution is -2.10. The molecule has 0 saturated heterocycles. The van der Waals surface area contributed by atoms with Crippen molar-refractivity contribution >= 4 is 5.97 Å². The fourth-order valence-corrected chi connectivity index (χ4v) is 0.795. The van der Waals surface area contributed by atoms with Gasteiger partial charge in [0.2, 0.25) is 0 Å². The highest BCUT2D eigenvalue weighted by atomic mass is 16.4. The zero-order valence-corrected chi connectivity index (χ0v) is 10.4. The van der Waals surface area contributed by atoms with Crippen LogP contribution in [0.1, 0.15) is 34.6 Å². The third kappa shape index (κ3) is 7.74. The van der Waals surface area contributed by atoms with Gasteiger partial charge in [-0.15, -0.1) is 0 Å². The first-order valence-electron chi connectivity index (χ1n) is 5.19. The van der Waals surface area contributed by atoms with Crippen LogP contribution >= 0.6 is 0 Å². The molecule has 0 amide bonds. The molecule has 86 valence electrons. The highest BCUT2D eigenvalue weighted by molar-refractivity contribution is 5.74. The second-order valence-electron chi connectivity index (χ2n) is 3.17. The first kappa shape index (κ1) is 16.1. The summed E-state index contributed by atoms with van der Waals surface area (Å²) in [6, 6.07) is 0. The molecule has 2 heteroatoms. The second-order valence-corrected chi connectivity index (χ2v) is 3.17. The molecule has 0 aromatic rings. The predicted molar refractivity (Wildman–Crippen MR) is 65.9 cm³/mol. The zero-order chi connectivity index (χ0) is 12.4. The van der Waals surface area contributed by atoms with E-state index in [0.717, 1.165) is 11.1 Å². The van der Waals surface area contributed by atoms with E-state index in [4.69, 9.17) is 5.11 Å². The smallest absolute Gasteiger partial charge is 0.310 e. The van der Waals surface area contributed by atoms with Crippen LogP contribution < -0.4 is 0 Å². The number of hydrogen-bond donors (Lipinski definition) is 1. The summed E-state index contributed by atoms with van der Waals surface area (Å²) >= 11 is 0. The van der Waals surface area contributed by atoms with Crippen molar-refractivity contribution in [1.82, 2.24) is 0 Å². The molecule has 15 heavy (non-hydrogen) atoms. The summed E-state index contributed by atoms with van der Waals surface area (Å²) in [5, 5.41) is 8.74. The second kappa shape index (κ2) is 9.25. The number of hydrogen-bond acceptors (Lipinski definition) is 1. The van der Waals surface area contributed by atoms with Gasteiger partial charge in [0.1, 0.15) is 0 Å². The van der Waals surface area contributed by atoms with Crippen molar-refractivity contribution in [3.05, 3.63) is 36.0 Å². The quantitative estimate of drug-likeness (QED) is 0.716. The molecular weight excluding hydrogens is 188 g/mol. The molecule has 0 radical (unpaired) electrons. The molecule has 0 aromatic heterocycles. The number of carboxylic acids is 1. The Morgan fingerprint density at radius 3 is 2.00 bits per heavy atom. The largest absolute Gasteiger partial charge is 0.481 e. The van der Waals surface area contributed by atoms with E-state index in [1.54, 1.807) is 19.1 Å². The minimum Gasteiger partial charge on any atom is -0.481 e. The Morgan fingerprint density at radius 1 is 1.27 bits per heavy atom. The van der Waals surface area contributed by atoms with Gasteiger partial charge in [-0.1, -0.05) is 44.2 Å². The molecule has 0 heterocycles. The lowest BCUT2D eigenvalue weighted by atomic mass is 10.0. The molecule has 0 aliphatic heterocycles. The summed E-state index contributed by atoms with van der Waals surface area (Å²) in [5.74, 6) is -1.32. The van der Waals surface area contributed by atoms with E-state index >= 15 is 0 Å². The number of carbonyl (C=O) groups is 1. The van der Waals surface area contributed by atoms with Crippen LogP contribution in [0.15, 0.2) is 36.0 Å². The van der Waals surface area contributed by atoms with Crippen LogP contribution in [0, 0.1) is 5.92 Å². The number of carboxylic acid groups (broad SMARTS) is 1. The maximum atomic E-state index is 10.6. The van der Waals surface area contributed by atoms with Crippen LogP contribution in [0.25, 0.3) is 0 Å². The lowest BCUT2D eigenvalue weighted by molar-refractivity contribution is -0.139. The zero-order valence-electron chi connectivity index (χ0n) is 10.4. The molecule has 0 saturated carbocycles. The molecule has 0 unspecified atom stereocenters. The SMILES string of the molecule is C=C/C(=C\C=C(C)C)[C@H](C)C(=O)O.CC. The Morgan fingerprint density at radius 2 is 1.73 bits per heavy atom. The molecule has 0 aromatic carbocycles. The monoisotopic (exact) mass is 210 g/mol. The molecule has 0 fully saturated rings. The van der Waals surface area contributed by atoms with Gasteiger partial charge in [-0.25, -0.2) is 0 Å². The lowest BCUT2D eigenvalue weighted by Gasteiger charge is -2.05. The van der Waals surface area contributed by atoms with Gasteiger partial charge in [-0.05, 0) is 26.3 Å². The number of allylic oxidation sites excluding steroid dienone is 4. The van der Waals surface area contributed by atoms with E-state index in [-0.39, 0.29) is 0 Å². The Balaban J connectivity index is 0. The normalized spacial score (nSPS) is 11.9. The minimum atomic E-state index is -0.826. The molecule has 1 N–H and O–H groups in total. The first-order chi connectivity index (χ1) is 6.99. The van der Waals surface area contributed by atoms with Crippen LogP contribution in [0.5, 0.6) is 0 Å². The molecule has 0 spiro atoms. The van der Waals surface area contributed by atoms with Crippen molar-refractivity contribution in [2.45, 2.75) is 34.6 Å².